The van der Waals surface area contributed by atoms with Crippen LogP contribution in [0.4, 0.5) is 0 Å². The zero-order chi connectivity index (χ0) is 7.72. The fourth-order valence-corrected chi connectivity index (χ4v) is 1.27. The van der Waals surface area contributed by atoms with Gasteiger partial charge in [0.25, 0.3) is 0 Å². The molecule has 1 rings (SSSR count). The lowest BCUT2D eigenvalue weighted by molar-refractivity contribution is 0.0593. The van der Waals surface area contributed by atoms with Crippen molar-refractivity contribution in [2.75, 3.05) is 0 Å². The van der Waals surface area contributed by atoms with Gasteiger partial charge in [0.2, 0.25) is 0 Å². The number of aliphatic hydroxyl groups is 1. The Balaban J connectivity index is 2.62. The molecule has 1 N–H and O–H groups in total. The highest BCUT2D eigenvalue weighted by Gasteiger charge is 2.32. The summed E-state index contributed by atoms with van der Waals surface area (Å²) >= 11 is 0. The van der Waals surface area contributed by atoms with Crippen LogP contribution in [0.15, 0.2) is 12.2 Å². The Bertz CT molecular complexity index is 147. The maximum Gasteiger partial charge on any atom is 0.143 e. The normalized spacial score (nSPS) is 40.6. The van der Waals surface area contributed by atoms with Gasteiger partial charge < -0.3 is 9.84 Å². The second-order valence-electron chi connectivity index (χ2n) is 2.76. The highest BCUT2D eigenvalue weighted by Crippen LogP contribution is 2.24. The first-order chi connectivity index (χ1) is 4.66. The number of aliphatic hydroxyl groups excluding tert-OH is 1. The molecule has 0 aromatic heterocycles. The predicted octanol–water partition coefficient (Wildman–Crippen LogP) is -0.329. The van der Waals surface area contributed by atoms with Crippen LogP contribution < -0.4 is 0 Å². The molecule has 1 aliphatic heterocycles. The number of rotatable bonds is 1. The van der Waals surface area contributed by atoms with Crippen molar-refractivity contribution in [3.63, 3.8) is 0 Å². The minimum atomic E-state index is -0.454. The number of hydrogen-bond acceptors (Lipinski definition) is 2. The molecule has 0 spiro atoms. The first-order valence-electron chi connectivity index (χ1n) is 3.69. The van der Waals surface area contributed by atoms with E-state index < -0.39 is 6.10 Å². The molecule has 56 valence electrons. The third-order valence-electron chi connectivity index (χ3n) is 1.99. The van der Waals surface area contributed by atoms with Crippen LogP contribution in [-0.2, 0) is 4.74 Å². The van der Waals surface area contributed by atoms with E-state index in [0.717, 1.165) is 12.0 Å². The molecule has 3 heteroatoms. The first kappa shape index (κ1) is 7.83. The van der Waals surface area contributed by atoms with Gasteiger partial charge in [0, 0.05) is 0 Å². The van der Waals surface area contributed by atoms with Crippen LogP contribution in [0.1, 0.15) is 13.3 Å². The lowest BCUT2D eigenvalue weighted by Crippen LogP contribution is -2.21. The molecule has 1 fully saturated rings. The summed E-state index contributed by atoms with van der Waals surface area (Å²) in [4.78, 5) is 0. The average Bonchev–Trinajstić information content (AvgIpc) is 2.17. The molecule has 0 aromatic rings. The lowest BCUT2D eigenvalue weighted by Gasteiger charge is -2.06. The molecule has 0 radical (unpaired) electrons. The van der Waals surface area contributed by atoms with Crippen molar-refractivity contribution in [2.45, 2.75) is 31.6 Å². The SMILES string of the molecule is B[C@H]1O[C@@H](CC)C(=C)[C@@H]1O. The fraction of sp³-hybridized carbons (Fsp3) is 0.714. The maximum atomic E-state index is 9.34. The van der Waals surface area contributed by atoms with E-state index >= 15 is 0 Å². The Labute approximate surface area is 62.3 Å². The molecule has 2 nitrogen and oxygen atoms in total. The third-order valence-corrected chi connectivity index (χ3v) is 1.99. The average molecular weight is 140 g/mol. The first-order valence-corrected chi connectivity index (χ1v) is 3.69. The molecule has 1 aliphatic rings. The van der Waals surface area contributed by atoms with Gasteiger partial charge in [0.1, 0.15) is 7.85 Å². The molecule has 1 heterocycles. The van der Waals surface area contributed by atoms with Crippen molar-refractivity contribution in [1.82, 2.24) is 0 Å². The van der Waals surface area contributed by atoms with Crippen LogP contribution in [-0.4, -0.2) is 31.2 Å². The second-order valence-corrected chi connectivity index (χ2v) is 2.76. The standard InChI is InChI=1S/C7H13BO2/c1-3-5-4(2)6(9)7(8)10-5/h5-7,9H,2-3,8H2,1H3/t5-,6-,7-/m0/s1. The van der Waals surface area contributed by atoms with Gasteiger partial charge in [0.15, 0.2) is 0 Å². The Hall–Kier alpha value is -0.275. The molecule has 3 atom stereocenters. The quantitative estimate of drug-likeness (QED) is 0.399. The molecular weight excluding hydrogens is 127 g/mol. The van der Waals surface area contributed by atoms with Gasteiger partial charge >= 0.3 is 0 Å². The minimum Gasteiger partial charge on any atom is -0.387 e. The van der Waals surface area contributed by atoms with E-state index in [1.807, 2.05) is 14.8 Å². The van der Waals surface area contributed by atoms with Crippen molar-refractivity contribution in [3.8, 4) is 0 Å². The van der Waals surface area contributed by atoms with Crippen molar-refractivity contribution < 1.29 is 9.84 Å². The van der Waals surface area contributed by atoms with Gasteiger partial charge in [-0.05, 0) is 12.0 Å². The summed E-state index contributed by atoms with van der Waals surface area (Å²) in [6.07, 6.45) is 0.523. The summed E-state index contributed by atoms with van der Waals surface area (Å²) in [7, 11) is 1.87. The second kappa shape index (κ2) is 2.76. The van der Waals surface area contributed by atoms with Gasteiger partial charge in [-0.2, -0.15) is 0 Å². The van der Waals surface area contributed by atoms with Crippen molar-refractivity contribution in [3.05, 3.63) is 12.2 Å². The summed E-state index contributed by atoms with van der Waals surface area (Å²) in [6.45, 7) is 5.79. The Morgan fingerprint density at radius 2 is 2.40 bits per heavy atom. The Morgan fingerprint density at radius 1 is 1.80 bits per heavy atom. The molecule has 0 amide bonds. The van der Waals surface area contributed by atoms with Crippen LogP contribution in [0, 0.1) is 0 Å². The van der Waals surface area contributed by atoms with E-state index in [9.17, 15) is 5.11 Å². The highest BCUT2D eigenvalue weighted by molar-refractivity contribution is 6.12. The number of ether oxygens (including phenoxy) is 1. The molecule has 0 bridgehead atoms. The van der Waals surface area contributed by atoms with Gasteiger partial charge in [-0.1, -0.05) is 13.5 Å². The van der Waals surface area contributed by atoms with Gasteiger partial charge in [0.05, 0.1) is 18.2 Å². The highest BCUT2D eigenvalue weighted by atomic mass is 16.5. The number of hydrogen-bond donors (Lipinski definition) is 1. The van der Waals surface area contributed by atoms with Gasteiger partial charge in [-0.25, -0.2) is 0 Å². The smallest absolute Gasteiger partial charge is 0.143 e. The lowest BCUT2D eigenvalue weighted by atomic mass is 9.92. The van der Waals surface area contributed by atoms with E-state index in [1.165, 1.54) is 0 Å². The Morgan fingerprint density at radius 3 is 2.60 bits per heavy atom. The van der Waals surface area contributed by atoms with Crippen LogP contribution >= 0.6 is 0 Å². The van der Waals surface area contributed by atoms with Crippen LogP contribution in [0.2, 0.25) is 0 Å². The molecule has 0 saturated carbocycles. The van der Waals surface area contributed by atoms with Gasteiger partial charge in [-0.15, -0.1) is 0 Å². The largest absolute Gasteiger partial charge is 0.387 e. The maximum absolute atomic E-state index is 9.34. The van der Waals surface area contributed by atoms with E-state index in [0.29, 0.717) is 0 Å². The fourth-order valence-electron chi connectivity index (χ4n) is 1.27. The van der Waals surface area contributed by atoms with E-state index in [4.69, 9.17) is 4.74 Å². The molecule has 0 unspecified atom stereocenters. The molecular formula is C7H13BO2. The minimum absolute atomic E-state index is 0.0718. The van der Waals surface area contributed by atoms with Gasteiger partial charge in [-0.3, -0.25) is 0 Å². The topological polar surface area (TPSA) is 29.5 Å². The van der Waals surface area contributed by atoms with Crippen LogP contribution in [0.5, 0.6) is 0 Å². The van der Waals surface area contributed by atoms with Crippen LogP contribution in [0.3, 0.4) is 0 Å². The summed E-state index contributed by atoms with van der Waals surface area (Å²) in [6, 6.07) is -0.0718. The van der Waals surface area contributed by atoms with Crippen molar-refractivity contribution in [2.24, 2.45) is 0 Å². The van der Waals surface area contributed by atoms with Crippen molar-refractivity contribution >= 4 is 7.85 Å². The summed E-state index contributed by atoms with van der Waals surface area (Å²) in [5, 5.41) is 9.34. The van der Waals surface area contributed by atoms with E-state index in [2.05, 4.69) is 6.58 Å². The Kier molecular flexibility index (Phi) is 2.16. The molecule has 0 aliphatic carbocycles. The van der Waals surface area contributed by atoms with E-state index in [-0.39, 0.29) is 12.1 Å². The third kappa shape index (κ3) is 1.11. The van der Waals surface area contributed by atoms with Crippen LogP contribution in [0.25, 0.3) is 0 Å². The van der Waals surface area contributed by atoms with Crippen molar-refractivity contribution in [1.29, 1.82) is 0 Å². The summed E-state index contributed by atoms with van der Waals surface area (Å²) in [5.74, 6) is 0. The molecule has 1 saturated heterocycles. The monoisotopic (exact) mass is 140 g/mol. The summed E-state index contributed by atoms with van der Waals surface area (Å²) in [5.41, 5.74) is 0.829. The zero-order valence-corrected chi connectivity index (χ0v) is 6.50. The molecule has 10 heavy (non-hydrogen) atoms. The predicted molar refractivity (Wildman–Crippen MR) is 42.6 cm³/mol. The summed E-state index contributed by atoms with van der Waals surface area (Å²) < 4.78 is 5.39. The molecule has 0 aromatic carbocycles. The van der Waals surface area contributed by atoms with E-state index in [1.54, 1.807) is 0 Å². The zero-order valence-electron chi connectivity index (χ0n) is 6.50.